The molecule has 1 aliphatic rings. The van der Waals surface area contributed by atoms with Crippen LogP contribution in [0.5, 0.6) is 0 Å². The van der Waals surface area contributed by atoms with E-state index in [1.54, 1.807) is 12.3 Å². The maximum atomic E-state index is 13.5. The fourth-order valence-electron chi connectivity index (χ4n) is 4.23. The molecule has 2 heterocycles. The number of carbonyl (C=O) groups excluding carboxylic acids is 1. The van der Waals surface area contributed by atoms with Crippen molar-refractivity contribution in [1.29, 1.82) is 5.26 Å². The van der Waals surface area contributed by atoms with Gasteiger partial charge in [0.05, 0.1) is 5.56 Å². The third-order valence-electron chi connectivity index (χ3n) is 6.09. The normalized spacial score (nSPS) is 14.0. The molecule has 0 unspecified atom stereocenters. The summed E-state index contributed by atoms with van der Waals surface area (Å²) < 4.78 is 0. The molecule has 5 nitrogen and oxygen atoms in total. The van der Waals surface area contributed by atoms with Crippen LogP contribution in [-0.4, -0.2) is 35.4 Å². The summed E-state index contributed by atoms with van der Waals surface area (Å²) in [5, 5.41) is 8.96. The van der Waals surface area contributed by atoms with Gasteiger partial charge in [-0.2, -0.15) is 5.26 Å². The number of piperidine rings is 1. The van der Waals surface area contributed by atoms with Crippen LogP contribution < -0.4 is 4.90 Å². The van der Waals surface area contributed by atoms with Crippen LogP contribution in [0.1, 0.15) is 29.5 Å². The molecule has 3 aromatic rings. The maximum Gasteiger partial charge on any atom is 0.226 e. The average Bonchev–Trinajstić information content (AvgIpc) is 2.87. The Morgan fingerprint density at radius 1 is 0.969 bits per heavy atom. The molecule has 0 atom stereocenters. The van der Waals surface area contributed by atoms with Gasteiger partial charge in [0.25, 0.3) is 0 Å². The molecule has 0 aliphatic carbocycles. The molecule has 1 aliphatic heterocycles. The summed E-state index contributed by atoms with van der Waals surface area (Å²) in [5.74, 6) is 1.15. The Balaban J connectivity index is 1.40. The van der Waals surface area contributed by atoms with Crippen LogP contribution in [0.2, 0.25) is 0 Å². The highest BCUT2D eigenvalue weighted by molar-refractivity contribution is 5.79. The maximum absolute atomic E-state index is 13.5. The van der Waals surface area contributed by atoms with Gasteiger partial charge in [0, 0.05) is 38.3 Å². The van der Waals surface area contributed by atoms with Gasteiger partial charge in [0.15, 0.2) is 0 Å². The minimum Gasteiger partial charge on any atom is -0.357 e. The number of rotatable bonds is 7. The van der Waals surface area contributed by atoms with E-state index in [9.17, 15) is 4.79 Å². The number of hydrogen-bond acceptors (Lipinski definition) is 4. The third kappa shape index (κ3) is 5.53. The first-order valence-corrected chi connectivity index (χ1v) is 11.2. The van der Waals surface area contributed by atoms with Gasteiger partial charge in [-0.3, -0.25) is 4.79 Å². The van der Waals surface area contributed by atoms with Crippen LogP contribution in [0.4, 0.5) is 5.82 Å². The number of nitriles is 1. The largest absolute Gasteiger partial charge is 0.357 e. The summed E-state index contributed by atoms with van der Waals surface area (Å²) in [7, 11) is 0. The fourth-order valence-corrected chi connectivity index (χ4v) is 4.23. The van der Waals surface area contributed by atoms with E-state index < -0.39 is 0 Å². The molecule has 1 amide bonds. The van der Waals surface area contributed by atoms with Crippen molar-refractivity contribution in [3.8, 4) is 6.07 Å². The summed E-state index contributed by atoms with van der Waals surface area (Å²) in [4.78, 5) is 22.1. The third-order valence-corrected chi connectivity index (χ3v) is 6.09. The standard InChI is InChI=1S/C27H28N4O/c28-19-24-11-12-26(29-20-24)30-17-14-25(15-18-30)27(32)31(21-23-9-5-2-6-10-23)16-13-22-7-3-1-4-8-22/h1-12,20,25H,13-18,21H2. The zero-order valence-corrected chi connectivity index (χ0v) is 18.2. The predicted octanol–water partition coefficient (Wildman–Crippen LogP) is 4.44. The second-order valence-corrected chi connectivity index (χ2v) is 8.26. The first kappa shape index (κ1) is 21.6. The van der Waals surface area contributed by atoms with Crippen LogP contribution in [0.3, 0.4) is 0 Å². The molecule has 0 spiro atoms. The molecule has 0 saturated carbocycles. The van der Waals surface area contributed by atoms with Gasteiger partial charge in [0.2, 0.25) is 5.91 Å². The lowest BCUT2D eigenvalue weighted by atomic mass is 9.94. The van der Waals surface area contributed by atoms with Crippen LogP contribution in [0.25, 0.3) is 0 Å². The van der Waals surface area contributed by atoms with Crippen molar-refractivity contribution in [3.63, 3.8) is 0 Å². The number of benzene rings is 2. The Labute approximate surface area is 189 Å². The minimum absolute atomic E-state index is 0.0316. The highest BCUT2D eigenvalue weighted by Crippen LogP contribution is 2.24. The van der Waals surface area contributed by atoms with E-state index in [0.29, 0.717) is 12.1 Å². The van der Waals surface area contributed by atoms with Gasteiger partial charge in [-0.25, -0.2) is 4.98 Å². The van der Waals surface area contributed by atoms with Gasteiger partial charge < -0.3 is 9.80 Å². The molecule has 5 heteroatoms. The predicted molar refractivity (Wildman–Crippen MR) is 126 cm³/mol. The van der Waals surface area contributed by atoms with E-state index in [0.717, 1.165) is 50.3 Å². The van der Waals surface area contributed by atoms with Crippen molar-refractivity contribution in [1.82, 2.24) is 9.88 Å². The molecule has 1 saturated heterocycles. The molecule has 32 heavy (non-hydrogen) atoms. The average molecular weight is 425 g/mol. The van der Waals surface area contributed by atoms with Crippen LogP contribution >= 0.6 is 0 Å². The highest BCUT2D eigenvalue weighted by atomic mass is 16.2. The van der Waals surface area contributed by atoms with Crippen LogP contribution in [0, 0.1) is 17.2 Å². The number of carbonyl (C=O) groups is 1. The zero-order valence-electron chi connectivity index (χ0n) is 18.2. The van der Waals surface area contributed by atoms with Crippen LogP contribution in [-0.2, 0) is 17.8 Å². The molecule has 2 aromatic carbocycles. The molecule has 0 bridgehead atoms. The van der Waals surface area contributed by atoms with Gasteiger partial charge in [0.1, 0.15) is 11.9 Å². The number of amides is 1. The smallest absolute Gasteiger partial charge is 0.226 e. The second kappa shape index (κ2) is 10.6. The van der Waals surface area contributed by atoms with Crippen molar-refractivity contribution in [3.05, 3.63) is 95.7 Å². The number of aromatic nitrogens is 1. The van der Waals surface area contributed by atoms with Gasteiger partial charge >= 0.3 is 0 Å². The van der Waals surface area contributed by atoms with Gasteiger partial charge in [-0.1, -0.05) is 60.7 Å². The molecule has 1 aromatic heterocycles. The summed E-state index contributed by atoms with van der Waals surface area (Å²) in [6.45, 7) is 2.96. The van der Waals surface area contributed by atoms with Crippen molar-refractivity contribution in [2.24, 2.45) is 5.92 Å². The number of hydrogen-bond donors (Lipinski definition) is 0. The molecule has 162 valence electrons. The molecule has 0 radical (unpaired) electrons. The second-order valence-electron chi connectivity index (χ2n) is 8.26. The van der Waals surface area contributed by atoms with Crippen molar-refractivity contribution in [2.75, 3.05) is 24.5 Å². The Hall–Kier alpha value is -3.65. The SMILES string of the molecule is N#Cc1ccc(N2CCC(C(=O)N(CCc3ccccc3)Cc3ccccc3)CC2)nc1. The monoisotopic (exact) mass is 424 g/mol. The summed E-state index contributed by atoms with van der Waals surface area (Å²) in [6.07, 6.45) is 4.10. The first-order valence-electron chi connectivity index (χ1n) is 11.2. The van der Waals surface area contributed by atoms with Crippen molar-refractivity contribution < 1.29 is 4.79 Å². The van der Waals surface area contributed by atoms with Crippen molar-refractivity contribution in [2.45, 2.75) is 25.8 Å². The molecular weight excluding hydrogens is 396 g/mol. The lowest BCUT2D eigenvalue weighted by molar-refractivity contribution is -0.136. The van der Waals surface area contributed by atoms with E-state index in [2.05, 4.69) is 40.2 Å². The van der Waals surface area contributed by atoms with E-state index in [-0.39, 0.29) is 11.8 Å². The van der Waals surface area contributed by atoms with E-state index in [1.165, 1.54) is 5.56 Å². The Morgan fingerprint density at radius 3 is 2.22 bits per heavy atom. The fraction of sp³-hybridized carbons (Fsp3) is 0.296. The topological polar surface area (TPSA) is 60.2 Å². The quantitative estimate of drug-likeness (QED) is 0.563. The highest BCUT2D eigenvalue weighted by Gasteiger charge is 2.29. The van der Waals surface area contributed by atoms with Gasteiger partial charge in [-0.05, 0) is 42.5 Å². The Kier molecular flexibility index (Phi) is 7.14. The first-order chi connectivity index (χ1) is 15.7. The molecule has 4 rings (SSSR count). The number of anilines is 1. The molecular formula is C27H28N4O. The van der Waals surface area contributed by atoms with E-state index >= 15 is 0 Å². The lowest BCUT2D eigenvalue weighted by Crippen LogP contribution is -2.43. The summed E-state index contributed by atoms with van der Waals surface area (Å²) in [6, 6.07) is 26.4. The lowest BCUT2D eigenvalue weighted by Gasteiger charge is -2.35. The summed E-state index contributed by atoms with van der Waals surface area (Å²) in [5.41, 5.74) is 2.97. The molecule has 0 N–H and O–H groups in total. The Bertz CT molecular complexity index is 1040. The van der Waals surface area contributed by atoms with Gasteiger partial charge in [-0.15, -0.1) is 0 Å². The number of pyridine rings is 1. The van der Waals surface area contributed by atoms with E-state index in [4.69, 9.17) is 5.26 Å². The Morgan fingerprint density at radius 2 is 1.62 bits per heavy atom. The molecule has 1 fully saturated rings. The zero-order chi connectivity index (χ0) is 22.2. The minimum atomic E-state index is 0.0316. The van der Waals surface area contributed by atoms with Crippen LogP contribution in [0.15, 0.2) is 79.0 Å². The van der Waals surface area contributed by atoms with E-state index in [1.807, 2.05) is 47.4 Å². The number of nitrogens with zero attached hydrogens (tertiary/aromatic N) is 4. The van der Waals surface area contributed by atoms with Crippen molar-refractivity contribution >= 4 is 11.7 Å². The summed E-state index contributed by atoms with van der Waals surface area (Å²) >= 11 is 0.